The SMILES string of the molecule is CCNC(=NCC(C)(C)SC)NCCCc1nnc2ccccn12. The van der Waals surface area contributed by atoms with Gasteiger partial charge >= 0.3 is 0 Å². The van der Waals surface area contributed by atoms with Gasteiger partial charge in [0.2, 0.25) is 0 Å². The number of hydrogen-bond donors (Lipinski definition) is 2. The van der Waals surface area contributed by atoms with E-state index in [1.807, 2.05) is 40.6 Å². The van der Waals surface area contributed by atoms with Gasteiger partial charge in [-0.25, -0.2) is 0 Å². The van der Waals surface area contributed by atoms with Gasteiger partial charge in [-0.1, -0.05) is 6.07 Å². The molecule has 0 fully saturated rings. The van der Waals surface area contributed by atoms with Crippen LogP contribution in [0, 0.1) is 0 Å². The van der Waals surface area contributed by atoms with Crippen molar-refractivity contribution in [2.24, 2.45) is 4.99 Å². The van der Waals surface area contributed by atoms with Gasteiger partial charge in [0.05, 0.1) is 6.54 Å². The van der Waals surface area contributed by atoms with Crippen LogP contribution in [0.4, 0.5) is 0 Å². The number of rotatable bonds is 8. The Morgan fingerprint density at radius 1 is 1.29 bits per heavy atom. The molecule has 0 aromatic carbocycles. The minimum atomic E-state index is 0.156. The molecule has 0 aliphatic heterocycles. The fraction of sp³-hybridized carbons (Fsp3) is 0.588. The Morgan fingerprint density at radius 2 is 2.12 bits per heavy atom. The Bertz CT molecular complexity index is 664. The first-order valence-corrected chi connectivity index (χ1v) is 9.64. The molecule has 2 rings (SSSR count). The van der Waals surface area contributed by atoms with Gasteiger partial charge in [0.1, 0.15) is 5.82 Å². The smallest absolute Gasteiger partial charge is 0.191 e. The van der Waals surface area contributed by atoms with Crippen LogP contribution >= 0.6 is 11.8 Å². The molecule has 0 radical (unpaired) electrons. The average Bonchev–Trinajstić information content (AvgIpc) is 3.00. The summed E-state index contributed by atoms with van der Waals surface area (Å²) in [7, 11) is 0. The minimum Gasteiger partial charge on any atom is -0.357 e. The summed E-state index contributed by atoms with van der Waals surface area (Å²) < 4.78 is 2.20. The third-order valence-electron chi connectivity index (χ3n) is 3.77. The summed E-state index contributed by atoms with van der Waals surface area (Å²) in [4.78, 5) is 4.68. The number of aromatic nitrogens is 3. The van der Waals surface area contributed by atoms with Crippen LogP contribution in [0.3, 0.4) is 0 Å². The zero-order valence-corrected chi connectivity index (χ0v) is 15.9. The van der Waals surface area contributed by atoms with Crippen LogP contribution in [-0.2, 0) is 6.42 Å². The fourth-order valence-electron chi connectivity index (χ4n) is 2.19. The van der Waals surface area contributed by atoms with Gasteiger partial charge in [-0.3, -0.25) is 9.39 Å². The second kappa shape index (κ2) is 8.92. The van der Waals surface area contributed by atoms with E-state index in [2.05, 4.69) is 52.9 Å². The number of guanidine groups is 1. The monoisotopic (exact) mass is 348 g/mol. The molecule has 2 aromatic rings. The van der Waals surface area contributed by atoms with Gasteiger partial charge in [-0.05, 0) is 45.6 Å². The van der Waals surface area contributed by atoms with Crippen molar-refractivity contribution in [1.82, 2.24) is 25.2 Å². The standard InChI is InChI=1S/C17H28N6S/c1-5-18-16(20-13-17(2,3)24-4)19-11-8-10-15-22-21-14-9-6-7-12-23(14)15/h6-7,9,12H,5,8,10-11,13H2,1-4H3,(H2,18,19,20). The zero-order valence-electron chi connectivity index (χ0n) is 15.0. The Morgan fingerprint density at radius 3 is 2.88 bits per heavy atom. The Balaban J connectivity index is 1.83. The summed E-state index contributed by atoms with van der Waals surface area (Å²) in [6.45, 7) is 9.01. The van der Waals surface area contributed by atoms with E-state index >= 15 is 0 Å². The summed E-state index contributed by atoms with van der Waals surface area (Å²) in [6, 6.07) is 5.95. The Hall–Kier alpha value is -1.76. The van der Waals surface area contributed by atoms with Crippen molar-refractivity contribution in [3.05, 3.63) is 30.2 Å². The number of pyridine rings is 1. The third kappa shape index (κ3) is 5.40. The van der Waals surface area contributed by atoms with Gasteiger partial charge in [-0.2, -0.15) is 11.8 Å². The lowest BCUT2D eigenvalue weighted by atomic mass is 10.2. The highest BCUT2D eigenvalue weighted by Gasteiger charge is 2.15. The lowest BCUT2D eigenvalue weighted by Gasteiger charge is -2.20. The van der Waals surface area contributed by atoms with Crippen LogP contribution in [0.5, 0.6) is 0 Å². The van der Waals surface area contributed by atoms with Crippen molar-refractivity contribution < 1.29 is 0 Å². The molecule has 0 amide bonds. The first kappa shape index (κ1) is 18.6. The minimum absolute atomic E-state index is 0.156. The van der Waals surface area contributed by atoms with Gasteiger partial charge < -0.3 is 10.6 Å². The summed E-state index contributed by atoms with van der Waals surface area (Å²) in [5.74, 6) is 1.88. The predicted molar refractivity (Wildman–Crippen MR) is 103 cm³/mol. The van der Waals surface area contributed by atoms with Gasteiger partial charge in [0.15, 0.2) is 11.6 Å². The molecule has 2 heterocycles. The van der Waals surface area contributed by atoms with Gasteiger partial charge in [-0.15, -0.1) is 10.2 Å². The molecule has 7 heteroatoms. The quantitative estimate of drug-likeness (QED) is 0.435. The van der Waals surface area contributed by atoms with Crippen molar-refractivity contribution >= 4 is 23.4 Å². The highest BCUT2D eigenvalue weighted by Crippen LogP contribution is 2.20. The lowest BCUT2D eigenvalue weighted by molar-refractivity contribution is 0.693. The number of aliphatic imine (C=N–C) groups is 1. The van der Waals surface area contributed by atoms with Crippen LogP contribution < -0.4 is 10.6 Å². The van der Waals surface area contributed by atoms with Crippen molar-refractivity contribution in [3.8, 4) is 0 Å². The molecule has 2 aromatic heterocycles. The van der Waals surface area contributed by atoms with E-state index in [0.717, 1.165) is 49.9 Å². The third-order valence-corrected chi connectivity index (χ3v) is 5.00. The molecule has 0 unspecified atom stereocenters. The molecular weight excluding hydrogens is 320 g/mol. The maximum Gasteiger partial charge on any atom is 0.191 e. The summed E-state index contributed by atoms with van der Waals surface area (Å²) in [5, 5.41) is 15.1. The molecule has 0 bridgehead atoms. The second-order valence-corrected chi connectivity index (χ2v) is 7.75. The summed E-state index contributed by atoms with van der Waals surface area (Å²) >= 11 is 1.83. The number of fused-ring (bicyclic) bond motifs is 1. The summed E-state index contributed by atoms with van der Waals surface area (Å²) in [6.07, 6.45) is 5.99. The fourth-order valence-corrected chi connectivity index (χ4v) is 2.38. The molecule has 2 N–H and O–H groups in total. The van der Waals surface area contributed by atoms with Crippen LogP contribution in [0.25, 0.3) is 5.65 Å². The van der Waals surface area contributed by atoms with E-state index in [9.17, 15) is 0 Å². The number of hydrogen-bond acceptors (Lipinski definition) is 4. The molecule has 132 valence electrons. The second-order valence-electron chi connectivity index (χ2n) is 6.23. The zero-order chi connectivity index (χ0) is 17.4. The van der Waals surface area contributed by atoms with Crippen LogP contribution in [0.1, 0.15) is 33.0 Å². The number of thioether (sulfide) groups is 1. The first-order chi connectivity index (χ1) is 11.6. The van der Waals surface area contributed by atoms with E-state index in [-0.39, 0.29) is 4.75 Å². The van der Waals surface area contributed by atoms with Crippen LogP contribution in [0.2, 0.25) is 0 Å². The van der Waals surface area contributed by atoms with E-state index in [1.54, 1.807) is 0 Å². The predicted octanol–water partition coefficient (Wildman–Crippen LogP) is 2.36. The molecule has 0 aliphatic carbocycles. The normalized spacial score (nSPS) is 12.6. The van der Waals surface area contributed by atoms with E-state index in [0.29, 0.717) is 0 Å². The molecule has 24 heavy (non-hydrogen) atoms. The highest BCUT2D eigenvalue weighted by atomic mass is 32.2. The molecule has 0 saturated carbocycles. The molecule has 0 spiro atoms. The molecule has 0 saturated heterocycles. The van der Waals surface area contributed by atoms with E-state index in [1.165, 1.54) is 0 Å². The summed E-state index contributed by atoms with van der Waals surface area (Å²) in [5.41, 5.74) is 0.898. The van der Waals surface area contributed by atoms with Crippen LogP contribution in [-0.4, -0.2) is 51.2 Å². The highest BCUT2D eigenvalue weighted by molar-refractivity contribution is 7.99. The maximum absolute atomic E-state index is 4.68. The Kier molecular flexibility index (Phi) is 6.90. The molecule has 0 aliphatic rings. The number of nitrogens with one attached hydrogen (secondary N) is 2. The molecular formula is C17H28N6S. The average molecular weight is 349 g/mol. The van der Waals surface area contributed by atoms with E-state index < -0.39 is 0 Å². The largest absolute Gasteiger partial charge is 0.357 e. The van der Waals surface area contributed by atoms with Crippen LogP contribution in [0.15, 0.2) is 29.4 Å². The van der Waals surface area contributed by atoms with Crippen molar-refractivity contribution in [2.45, 2.75) is 38.4 Å². The van der Waals surface area contributed by atoms with E-state index in [4.69, 9.17) is 0 Å². The first-order valence-electron chi connectivity index (χ1n) is 8.41. The number of aryl methyl sites for hydroxylation is 1. The van der Waals surface area contributed by atoms with Gasteiger partial charge in [0.25, 0.3) is 0 Å². The maximum atomic E-state index is 4.68. The van der Waals surface area contributed by atoms with Crippen molar-refractivity contribution in [2.75, 3.05) is 25.9 Å². The lowest BCUT2D eigenvalue weighted by Crippen LogP contribution is -2.39. The van der Waals surface area contributed by atoms with Crippen molar-refractivity contribution in [3.63, 3.8) is 0 Å². The van der Waals surface area contributed by atoms with Crippen molar-refractivity contribution in [1.29, 1.82) is 0 Å². The molecule has 0 atom stereocenters. The topological polar surface area (TPSA) is 66.6 Å². The van der Waals surface area contributed by atoms with Gasteiger partial charge in [0, 0.05) is 30.5 Å². The number of nitrogens with zero attached hydrogens (tertiary/aromatic N) is 4. The molecule has 6 nitrogen and oxygen atoms in total. The Labute approximate surface area is 148 Å².